The normalized spacial score (nSPS) is 12.3. The molecule has 0 saturated heterocycles. The number of aliphatic carboxylic acids is 1. The van der Waals surface area contributed by atoms with Crippen LogP contribution in [0.25, 0.3) is 0 Å². The van der Waals surface area contributed by atoms with Crippen LogP contribution in [0.2, 0.25) is 0 Å². The van der Waals surface area contributed by atoms with Crippen LogP contribution in [0.4, 0.5) is 0 Å². The van der Waals surface area contributed by atoms with E-state index < -0.39 is 17.1 Å². The molecular formula is C7H11N5O3S. The molecule has 1 unspecified atom stereocenters. The standard InChI is InChI=1S/C7H11N5O3S/c1-2-4(6(8)15)16-7-9-10-11-12(7)3-5(13)14/h4H,2-3H2,1H3,(H2,8,15)(H,13,14). The fourth-order valence-corrected chi connectivity index (χ4v) is 1.82. The highest BCUT2D eigenvalue weighted by molar-refractivity contribution is 8.00. The van der Waals surface area contributed by atoms with Gasteiger partial charge in [0, 0.05) is 0 Å². The number of thioether (sulfide) groups is 1. The highest BCUT2D eigenvalue weighted by atomic mass is 32.2. The molecule has 1 atom stereocenters. The molecule has 88 valence electrons. The molecule has 0 saturated carbocycles. The van der Waals surface area contributed by atoms with Crippen molar-refractivity contribution >= 4 is 23.6 Å². The number of aromatic nitrogens is 4. The van der Waals surface area contributed by atoms with E-state index in [-0.39, 0.29) is 11.7 Å². The molecule has 0 aliphatic carbocycles. The van der Waals surface area contributed by atoms with Gasteiger partial charge in [0.05, 0.1) is 5.25 Å². The summed E-state index contributed by atoms with van der Waals surface area (Å²) in [4.78, 5) is 21.5. The lowest BCUT2D eigenvalue weighted by Gasteiger charge is -2.08. The first-order chi connectivity index (χ1) is 7.54. The zero-order valence-corrected chi connectivity index (χ0v) is 9.35. The van der Waals surface area contributed by atoms with Gasteiger partial charge in [-0.25, -0.2) is 4.68 Å². The topological polar surface area (TPSA) is 124 Å². The number of tetrazole rings is 1. The molecule has 1 aromatic rings. The fourth-order valence-electron chi connectivity index (χ4n) is 0.978. The summed E-state index contributed by atoms with van der Waals surface area (Å²) in [5.41, 5.74) is 5.16. The molecule has 0 spiro atoms. The summed E-state index contributed by atoms with van der Waals surface area (Å²) in [5.74, 6) is -1.53. The summed E-state index contributed by atoms with van der Waals surface area (Å²) in [7, 11) is 0. The average molecular weight is 245 g/mol. The lowest BCUT2D eigenvalue weighted by molar-refractivity contribution is -0.138. The van der Waals surface area contributed by atoms with Crippen molar-refractivity contribution in [1.29, 1.82) is 0 Å². The Balaban J connectivity index is 2.76. The van der Waals surface area contributed by atoms with Crippen molar-refractivity contribution in [2.24, 2.45) is 5.73 Å². The number of hydrogen-bond acceptors (Lipinski definition) is 6. The van der Waals surface area contributed by atoms with E-state index in [1.807, 2.05) is 0 Å². The number of hydrogen-bond donors (Lipinski definition) is 2. The highest BCUT2D eigenvalue weighted by Crippen LogP contribution is 2.22. The van der Waals surface area contributed by atoms with Crippen molar-refractivity contribution in [2.45, 2.75) is 30.3 Å². The Morgan fingerprint density at radius 2 is 2.31 bits per heavy atom. The summed E-state index contributed by atoms with van der Waals surface area (Å²) >= 11 is 1.06. The number of primary amides is 1. The van der Waals surface area contributed by atoms with Gasteiger partial charge in [-0.15, -0.1) is 5.10 Å². The summed E-state index contributed by atoms with van der Waals surface area (Å²) in [6, 6.07) is 0. The second-order valence-corrected chi connectivity index (χ2v) is 4.10. The van der Waals surface area contributed by atoms with E-state index in [9.17, 15) is 9.59 Å². The van der Waals surface area contributed by atoms with Crippen LogP contribution in [0.5, 0.6) is 0 Å². The third kappa shape index (κ3) is 3.19. The van der Waals surface area contributed by atoms with Crippen molar-refractivity contribution in [3.8, 4) is 0 Å². The van der Waals surface area contributed by atoms with Crippen molar-refractivity contribution < 1.29 is 14.7 Å². The Labute approximate surface area is 95.2 Å². The molecule has 0 fully saturated rings. The minimum Gasteiger partial charge on any atom is -0.480 e. The molecule has 8 nitrogen and oxygen atoms in total. The van der Waals surface area contributed by atoms with E-state index >= 15 is 0 Å². The Hall–Kier alpha value is -1.64. The lowest BCUT2D eigenvalue weighted by atomic mass is 10.3. The van der Waals surface area contributed by atoms with Gasteiger partial charge in [0.2, 0.25) is 11.1 Å². The van der Waals surface area contributed by atoms with Gasteiger partial charge in [0.15, 0.2) is 0 Å². The van der Waals surface area contributed by atoms with Gasteiger partial charge in [0.1, 0.15) is 6.54 Å². The van der Waals surface area contributed by atoms with Crippen LogP contribution in [0.15, 0.2) is 5.16 Å². The van der Waals surface area contributed by atoms with Gasteiger partial charge in [-0.2, -0.15) is 0 Å². The lowest BCUT2D eigenvalue weighted by Crippen LogP contribution is -2.25. The zero-order chi connectivity index (χ0) is 12.1. The first-order valence-electron chi connectivity index (χ1n) is 4.48. The summed E-state index contributed by atoms with van der Waals surface area (Å²) in [5, 5.41) is 18.9. The molecule has 0 aliphatic heterocycles. The number of carbonyl (C=O) groups is 2. The second kappa shape index (κ2) is 5.45. The smallest absolute Gasteiger partial charge is 0.325 e. The Bertz CT molecular complexity index is 393. The van der Waals surface area contributed by atoms with Gasteiger partial charge >= 0.3 is 5.97 Å². The van der Waals surface area contributed by atoms with E-state index in [1.54, 1.807) is 6.92 Å². The molecule has 1 rings (SSSR count). The number of carboxylic acid groups (broad SMARTS) is 1. The summed E-state index contributed by atoms with van der Waals surface area (Å²) in [6.45, 7) is 1.46. The molecule has 3 N–H and O–H groups in total. The molecule has 9 heteroatoms. The largest absolute Gasteiger partial charge is 0.480 e. The van der Waals surface area contributed by atoms with Gasteiger partial charge in [-0.3, -0.25) is 9.59 Å². The van der Waals surface area contributed by atoms with Crippen LogP contribution >= 0.6 is 11.8 Å². The molecule has 0 radical (unpaired) electrons. The molecular weight excluding hydrogens is 234 g/mol. The van der Waals surface area contributed by atoms with Gasteiger partial charge in [-0.1, -0.05) is 18.7 Å². The zero-order valence-electron chi connectivity index (χ0n) is 8.53. The maximum absolute atomic E-state index is 11.0. The molecule has 1 aromatic heterocycles. The van der Waals surface area contributed by atoms with Crippen molar-refractivity contribution in [2.75, 3.05) is 0 Å². The predicted octanol–water partition coefficient (Wildman–Crippen LogP) is -0.886. The van der Waals surface area contributed by atoms with Crippen LogP contribution in [0.1, 0.15) is 13.3 Å². The van der Waals surface area contributed by atoms with Crippen molar-refractivity contribution in [1.82, 2.24) is 20.2 Å². The Morgan fingerprint density at radius 1 is 1.62 bits per heavy atom. The first-order valence-corrected chi connectivity index (χ1v) is 5.36. The maximum Gasteiger partial charge on any atom is 0.325 e. The van der Waals surface area contributed by atoms with E-state index in [0.29, 0.717) is 6.42 Å². The van der Waals surface area contributed by atoms with Crippen LogP contribution < -0.4 is 5.73 Å². The molecule has 0 bridgehead atoms. The minimum atomic E-state index is -1.05. The third-order valence-electron chi connectivity index (χ3n) is 1.72. The Kier molecular flexibility index (Phi) is 4.23. The van der Waals surface area contributed by atoms with Crippen LogP contribution in [-0.2, 0) is 16.1 Å². The first kappa shape index (κ1) is 12.4. The summed E-state index contributed by atoms with van der Waals surface area (Å²) < 4.78 is 1.11. The van der Waals surface area contributed by atoms with Crippen LogP contribution in [0.3, 0.4) is 0 Å². The molecule has 0 aliphatic rings. The van der Waals surface area contributed by atoms with Gasteiger partial charge in [0.25, 0.3) is 0 Å². The van der Waals surface area contributed by atoms with E-state index in [2.05, 4.69) is 15.5 Å². The third-order valence-corrected chi connectivity index (χ3v) is 3.07. The number of nitrogens with two attached hydrogens (primary N) is 1. The number of carboxylic acids is 1. The number of carbonyl (C=O) groups excluding carboxylic acids is 1. The number of rotatable bonds is 6. The molecule has 0 aromatic carbocycles. The predicted molar refractivity (Wildman–Crippen MR) is 54.6 cm³/mol. The number of amides is 1. The molecule has 1 heterocycles. The fraction of sp³-hybridized carbons (Fsp3) is 0.571. The molecule has 1 amide bonds. The summed E-state index contributed by atoms with van der Waals surface area (Å²) in [6.07, 6.45) is 0.528. The Morgan fingerprint density at radius 3 is 2.81 bits per heavy atom. The van der Waals surface area contributed by atoms with E-state index in [1.165, 1.54) is 0 Å². The van der Waals surface area contributed by atoms with E-state index in [0.717, 1.165) is 16.4 Å². The average Bonchev–Trinajstić information content (AvgIpc) is 2.60. The maximum atomic E-state index is 11.0. The van der Waals surface area contributed by atoms with Crippen molar-refractivity contribution in [3.05, 3.63) is 0 Å². The van der Waals surface area contributed by atoms with Gasteiger partial charge < -0.3 is 10.8 Å². The minimum absolute atomic E-state index is 0.271. The van der Waals surface area contributed by atoms with Gasteiger partial charge in [-0.05, 0) is 16.8 Å². The number of nitrogens with zero attached hydrogens (tertiary/aromatic N) is 4. The highest BCUT2D eigenvalue weighted by Gasteiger charge is 2.19. The monoisotopic (exact) mass is 245 g/mol. The van der Waals surface area contributed by atoms with Crippen molar-refractivity contribution in [3.63, 3.8) is 0 Å². The van der Waals surface area contributed by atoms with Crippen LogP contribution in [-0.4, -0.2) is 42.4 Å². The van der Waals surface area contributed by atoms with E-state index in [4.69, 9.17) is 10.8 Å². The quantitative estimate of drug-likeness (QED) is 0.623. The molecule has 16 heavy (non-hydrogen) atoms. The second-order valence-electron chi connectivity index (χ2n) is 2.93. The van der Waals surface area contributed by atoms with Crippen LogP contribution in [0, 0.1) is 0 Å². The SMILES string of the molecule is CCC(Sc1nnnn1CC(=O)O)C(N)=O.